The molecule has 86 valence electrons. The molecule has 0 heterocycles. The third kappa shape index (κ3) is 2.81. The number of aliphatic hydroxyl groups excluding tert-OH is 1. The van der Waals surface area contributed by atoms with Crippen LogP contribution >= 0.6 is 0 Å². The van der Waals surface area contributed by atoms with Crippen molar-refractivity contribution in [1.82, 2.24) is 0 Å². The summed E-state index contributed by atoms with van der Waals surface area (Å²) in [6, 6.07) is 0. The Morgan fingerprint density at radius 3 is 2.40 bits per heavy atom. The molecular formula is C13H21FO. The molecule has 0 spiro atoms. The number of halogens is 1. The van der Waals surface area contributed by atoms with Crippen LogP contribution < -0.4 is 0 Å². The minimum atomic E-state index is 0.0929. The molecule has 2 rings (SSSR count). The van der Waals surface area contributed by atoms with Crippen LogP contribution in [-0.4, -0.2) is 11.7 Å². The second-order valence-corrected chi connectivity index (χ2v) is 5.15. The first kappa shape index (κ1) is 11.1. The molecule has 1 nitrogen and oxygen atoms in total. The Balaban J connectivity index is 1.81. The second-order valence-electron chi connectivity index (χ2n) is 5.15. The van der Waals surface area contributed by atoms with Crippen LogP contribution in [0.15, 0.2) is 11.9 Å². The van der Waals surface area contributed by atoms with E-state index >= 15 is 0 Å². The SMILES string of the molecule is OCC1CCC(C2CC=C(F)CC2)CC1. The molecule has 15 heavy (non-hydrogen) atoms. The molecule has 1 fully saturated rings. The van der Waals surface area contributed by atoms with Gasteiger partial charge in [0.2, 0.25) is 0 Å². The molecule has 0 aromatic carbocycles. The maximum Gasteiger partial charge on any atom is 0.0960 e. The quantitative estimate of drug-likeness (QED) is 0.743. The summed E-state index contributed by atoms with van der Waals surface area (Å²) >= 11 is 0. The minimum absolute atomic E-state index is 0.0929. The average Bonchev–Trinajstić information content (AvgIpc) is 2.30. The Morgan fingerprint density at radius 2 is 1.87 bits per heavy atom. The number of hydrogen-bond donors (Lipinski definition) is 1. The molecule has 0 saturated heterocycles. The van der Waals surface area contributed by atoms with Crippen molar-refractivity contribution in [2.75, 3.05) is 6.61 Å². The van der Waals surface area contributed by atoms with Crippen LogP contribution in [0, 0.1) is 17.8 Å². The van der Waals surface area contributed by atoms with Gasteiger partial charge in [-0.15, -0.1) is 0 Å². The summed E-state index contributed by atoms with van der Waals surface area (Å²) in [6.45, 7) is 0.353. The molecule has 0 aliphatic heterocycles. The van der Waals surface area contributed by atoms with E-state index in [1.54, 1.807) is 6.08 Å². The maximum atomic E-state index is 12.9. The van der Waals surface area contributed by atoms with Crippen molar-refractivity contribution >= 4 is 0 Å². The van der Waals surface area contributed by atoms with Gasteiger partial charge < -0.3 is 5.11 Å². The molecule has 1 N–H and O–H groups in total. The molecule has 0 radical (unpaired) electrons. The molecule has 1 unspecified atom stereocenters. The van der Waals surface area contributed by atoms with Gasteiger partial charge in [0.1, 0.15) is 0 Å². The van der Waals surface area contributed by atoms with E-state index in [1.807, 2.05) is 0 Å². The number of allylic oxidation sites excluding steroid dienone is 2. The van der Waals surface area contributed by atoms with Crippen LogP contribution in [0.4, 0.5) is 4.39 Å². The smallest absolute Gasteiger partial charge is 0.0960 e. The van der Waals surface area contributed by atoms with Crippen molar-refractivity contribution in [2.45, 2.75) is 44.9 Å². The highest BCUT2D eigenvalue weighted by Gasteiger charge is 2.28. The lowest BCUT2D eigenvalue weighted by molar-refractivity contribution is 0.137. The van der Waals surface area contributed by atoms with Gasteiger partial charge in [0.05, 0.1) is 5.83 Å². The molecule has 2 aliphatic carbocycles. The summed E-state index contributed by atoms with van der Waals surface area (Å²) in [4.78, 5) is 0. The third-order valence-corrected chi connectivity index (χ3v) is 4.21. The molecule has 2 heteroatoms. The highest BCUT2D eigenvalue weighted by atomic mass is 19.1. The van der Waals surface area contributed by atoms with E-state index in [-0.39, 0.29) is 5.83 Å². The molecule has 1 saturated carbocycles. The van der Waals surface area contributed by atoms with Crippen molar-refractivity contribution < 1.29 is 9.50 Å². The first-order chi connectivity index (χ1) is 7.29. The van der Waals surface area contributed by atoms with Gasteiger partial charge in [0.15, 0.2) is 0 Å². The van der Waals surface area contributed by atoms with E-state index < -0.39 is 0 Å². The Kier molecular flexibility index (Phi) is 3.79. The van der Waals surface area contributed by atoms with E-state index in [1.165, 1.54) is 25.7 Å². The zero-order valence-electron chi connectivity index (χ0n) is 9.29. The first-order valence-corrected chi connectivity index (χ1v) is 6.25. The number of hydrogen-bond acceptors (Lipinski definition) is 1. The first-order valence-electron chi connectivity index (χ1n) is 6.25. The Bertz CT molecular complexity index is 229. The zero-order chi connectivity index (χ0) is 10.7. The molecule has 2 aliphatic rings. The van der Waals surface area contributed by atoms with Crippen molar-refractivity contribution in [3.63, 3.8) is 0 Å². The van der Waals surface area contributed by atoms with Crippen LogP contribution in [0.25, 0.3) is 0 Å². The summed E-state index contributed by atoms with van der Waals surface area (Å²) in [5.41, 5.74) is 0. The van der Waals surface area contributed by atoms with Crippen molar-refractivity contribution in [1.29, 1.82) is 0 Å². The average molecular weight is 212 g/mol. The lowest BCUT2D eigenvalue weighted by Crippen LogP contribution is -2.24. The van der Waals surface area contributed by atoms with Gasteiger partial charge in [0, 0.05) is 6.61 Å². The van der Waals surface area contributed by atoms with Crippen molar-refractivity contribution in [3.8, 4) is 0 Å². The Hall–Kier alpha value is -0.370. The molecule has 0 amide bonds. The summed E-state index contributed by atoms with van der Waals surface area (Å²) < 4.78 is 12.9. The van der Waals surface area contributed by atoms with Crippen LogP contribution in [-0.2, 0) is 0 Å². The lowest BCUT2D eigenvalue weighted by atomic mass is 9.72. The van der Waals surface area contributed by atoms with Gasteiger partial charge in [-0.2, -0.15) is 0 Å². The van der Waals surface area contributed by atoms with Crippen molar-refractivity contribution in [3.05, 3.63) is 11.9 Å². The zero-order valence-corrected chi connectivity index (χ0v) is 9.29. The fourth-order valence-electron chi connectivity index (χ4n) is 3.09. The van der Waals surface area contributed by atoms with Crippen molar-refractivity contribution in [2.24, 2.45) is 17.8 Å². The van der Waals surface area contributed by atoms with Gasteiger partial charge in [-0.1, -0.05) is 6.08 Å². The van der Waals surface area contributed by atoms with Gasteiger partial charge in [-0.3, -0.25) is 0 Å². The lowest BCUT2D eigenvalue weighted by Gasteiger charge is -2.34. The summed E-state index contributed by atoms with van der Waals surface area (Å²) in [5.74, 6) is 2.13. The minimum Gasteiger partial charge on any atom is -0.396 e. The number of aliphatic hydroxyl groups is 1. The van der Waals surface area contributed by atoms with E-state index in [0.717, 1.165) is 18.8 Å². The van der Waals surface area contributed by atoms with E-state index in [2.05, 4.69) is 0 Å². The summed E-state index contributed by atoms with van der Waals surface area (Å²) in [7, 11) is 0. The molecular weight excluding hydrogens is 191 g/mol. The fraction of sp³-hybridized carbons (Fsp3) is 0.846. The van der Waals surface area contributed by atoms with Gasteiger partial charge in [-0.05, 0) is 62.7 Å². The molecule has 0 bridgehead atoms. The summed E-state index contributed by atoms with van der Waals surface area (Å²) in [5, 5.41) is 9.06. The topological polar surface area (TPSA) is 20.2 Å². The predicted molar refractivity (Wildman–Crippen MR) is 59.1 cm³/mol. The normalized spacial score (nSPS) is 37.5. The van der Waals surface area contributed by atoms with E-state index in [4.69, 9.17) is 5.11 Å². The van der Waals surface area contributed by atoms with Crippen LogP contribution in [0.2, 0.25) is 0 Å². The van der Waals surface area contributed by atoms with Crippen LogP contribution in [0.3, 0.4) is 0 Å². The van der Waals surface area contributed by atoms with Gasteiger partial charge in [0.25, 0.3) is 0 Å². The second kappa shape index (κ2) is 5.11. The maximum absolute atomic E-state index is 12.9. The van der Waals surface area contributed by atoms with E-state index in [0.29, 0.717) is 24.9 Å². The highest BCUT2D eigenvalue weighted by molar-refractivity contribution is 4.99. The molecule has 1 atom stereocenters. The molecule has 0 aromatic heterocycles. The fourth-order valence-corrected chi connectivity index (χ4v) is 3.09. The Labute approximate surface area is 91.4 Å². The van der Waals surface area contributed by atoms with E-state index in [9.17, 15) is 4.39 Å². The predicted octanol–water partition coefficient (Wildman–Crippen LogP) is 3.44. The third-order valence-electron chi connectivity index (χ3n) is 4.21. The standard InChI is InChI=1S/C13H21FO/c14-13-7-5-12(6-8-13)11-3-1-10(9-15)2-4-11/h7,10-12,15H,1-6,8-9H2. The molecule has 0 aromatic rings. The largest absolute Gasteiger partial charge is 0.396 e. The Morgan fingerprint density at radius 1 is 1.13 bits per heavy atom. The number of rotatable bonds is 2. The van der Waals surface area contributed by atoms with Crippen LogP contribution in [0.1, 0.15) is 44.9 Å². The highest BCUT2D eigenvalue weighted by Crippen LogP contribution is 2.39. The summed E-state index contributed by atoms with van der Waals surface area (Å²) in [6.07, 6.45) is 9.25. The van der Waals surface area contributed by atoms with Gasteiger partial charge >= 0.3 is 0 Å². The van der Waals surface area contributed by atoms with Gasteiger partial charge in [-0.25, -0.2) is 4.39 Å². The van der Waals surface area contributed by atoms with Crippen LogP contribution in [0.5, 0.6) is 0 Å². The monoisotopic (exact) mass is 212 g/mol.